The van der Waals surface area contributed by atoms with Crippen molar-refractivity contribution in [1.82, 2.24) is 15.5 Å². The second kappa shape index (κ2) is 7.71. The first kappa shape index (κ1) is 15.4. The maximum absolute atomic E-state index is 11.8. The predicted octanol–water partition coefficient (Wildman–Crippen LogP) is 1.20. The van der Waals surface area contributed by atoms with E-state index in [1.54, 1.807) is 19.4 Å². The average Bonchev–Trinajstić information content (AvgIpc) is 2.99. The molecule has 2 heterocycles. The van der Waals surface area contributed by atoms with E-state index in [-0.39, 0.29) is 12.5 Å². The average molecular weight is 292 g/mol. The first-order chi connectivity index (χ1) is 10.2. The molecule has 1 fully saturated rings. The fraction of sp³-hybridized carbons (Fsp3) is 0.600. The van der Waals surface area contributed by atoms with Crippen LogP contribution >= 0.6 is 0 Å². The Hall–Kier alpha value is -1.98. The van der Waals surface area contributed by atoms with Crippen LogP contribution in [-0.4, -0.2) is 43.4 Å². The first-order valence-electron chi connectivity index (χ1n) is 7.43. The molecule has 1 aliphatic rings. The molecule has 0 aromatic carbocycles. The van der Waals surface area contributed by atoms with Gasteiger partial charge in [0.25, 0.3) is 0 Å². The zero-order valence-electron chi connectivity index (χ0n) is 12.8. The number of carbonyl (C=O) groups excluding carboxylic acids is 1. The molecule has 1 aromatic heterocycles. The molecule has 116 valence electrons. The summed E-state index contributed by atoms with van der Waals surface area (Å²) in [6.45, 7) is 4.87. The van der Waals surface area contributed by atoms with Crippen molar-refractivity contribution in [2.24, 2.45) is 10.9 Å². The van der Waals surface area contributed by atoms with Gasteiger partial charge in [-0.1, -0.05) is 6.92 Å². The zero-order valence-corrected chi connectivity index (χ0v) is 12.8. The van der Waals surface area contributed by atoms with E-state index in [0.717, 1.165) is 24.8 Å². The Morgan fingerprint density at radius 3 is 3.05 bits per heavy atom. The number of piperidine rings is 1. The van der Waals surface area contributed by atoms with Crippen molar-refractivity contribution in [2.45, 2.75) is 26.3 Å². The van der Waals surface area contributed by atoms with Gasteiger partial charge < -0.3 is 20.0 Å². The number of amides is 1. The highest BCUT2D eigenvalue weighted by molar-refractivity contribution is 5.86. The van der Waals surface area contributed by atoms with Crippen molar-refractivity contribution in [3.8, 4) is 0 Å². The lowest BCUT2D eigenvalue weighted by atomic mass is 10.0. The molecule has 1 amide bonds. The summed E-state index contributed by atoms with van der Waals surface area (Å²) in [6.07, 6.45) is 4.03. The Bertz CT molecular complexity index is 470. The number of likely N-dealkylation sites (tertiary alicyclic amines) is 1. The molecule has 0 saturated carbocycles. The smallest absolute Gasteiger partial charge is 0.239 e. The summed E-state index contributed by atoms with van der Waals surface area (Å²) in [6, 6.07) is 3.64. The maximum Gasteiger partial charge on any atom is 0.239 e. The number of rotatable bonds is 4. The standard InChI is InChI=1S/C15H24N4O2/c1-12-5-3-7-19(11-12)15(16-2)18-10-14(20)17-9-13-6-4-8-21-13/h4,6,8,12H,3,5,7,9-11H2,1-2H3,(H,16,18)(H,17,20). The van der Waals surface area contributed by atoms with Gasteiger partial charge in [0.05, 0.1) is 19.4 Å². The van der Waals surface area contributed by atoms with E-state index in [1.165, 1.54) is 12.8 Å². The van der Waals surface area contributed by atoms with Crippen molar-refractivity contribution in [3.05, 3.63) is 24.2 Å². The van der Waals surface area contributed by atoms with Gasteiger partial charge in [0.15, 0.2) is 5.96 Å². The van der Waals surface area contributed by atoms with Crippen LogP contribution in [-0.2, 0) is 11.3 Å². The van der Waals surface area contributed by atoms with Gasteiger partial charge in [0.2, 0.25) is 5.91 Å². The lowest BCUT2D eigenvalue weighted by molar-refractivity contribution is -0.120. The maximum atomic E-state index is 11.8. The number of carbonyl (C=O) groups is 1. The summed E-state index contributed by atoms with van der Waals surface area (Å²) in [4.78, 5) is 18.3. The molecule has 2 rings (SSSR count). The largest absolute Gasteiger partial charge is 0.467 e. The highest BCUT2D eigenvalue weighted by Crippen LogP contribution is 2.15. The number of nitrogens with zero attached hydrogens (tertiary/aromatic N) is 2. The molecule has 6 heteroatoms. The number of furan rings is 1. The first-order valence-corrected chi connectivity index (χ1v) is 7.43. The summed E-state index contributed by atoms with van der Waals surface area (Å²) in [5.41, 5.74) is 0. The van der Waals surface area contributed by atoms with Crippen LogP contribution in [0.1, 0.15) is 25.5 Å². The third kappa shape index (κ3) is 4.81. The second-order valence-electron chi connectivity index (χ2n) is 5.45. The normalized spacial score (nSPS) is 19.4. The highest BCUT2D eigenvalue weighted by atomic mass is 16.3. The molecule has 1 aromatic rings. The Morgan fingerprint density at radius 1 is 1.52 bits per heavy atom. The SMILES string of the molecule is CN=C(NCC(=O)NCc1ccco1)N1CCCC(C)C1. The Kier molecular flexibility index (Phi) is 5.66. The Balaban J connectivity index is 1.73. The minimum Gasteiger partial charge on any atom is -0.467 e. The lowest BCUT2D eigenvalue weighted by Gasteiger charge is -2.33. The van der Waals surface area contributed by atoms with Gasteiger partial charge in [-0.05, 0) is 30.9 Å². The Morgan fingerprint density at radius 2 is 2.38 bits per heavy atom. The molecule has 0 spiro atoms. The van der Waals surface area contributed by atoms with Gasteiger partial charge in [-0.25, -0.2) is 0 Å². The van der Waals surface area contributed by atoms with Crippen LogP contribution in [0.3, 0.4) is 0 Å². The van der Waals surface area contributed by atoms with E-state index in [4.69, 9.17) is 4.42 Å². The summed E-state index contributed by atoms with van der Waals surface area (Å²) in [5, 5.41) is 5.93. The van der Waals surface area contributed by atoms with E-state index >= 15 is 0 Å². The van der Waals surface area contributed by atoms with Crippen LogP contribution in [0.4, 0.5) is 0 Å². The van der Waals surface area contributed by atoms with Gasteiger partial charge in [-0.2, -0.15) is 0 Å². The van der Waals surface area contributed by atoms with Crippen molar-refractivity contribution in [3.63, 3.8) is 0 Å². The fourth-order valence-electron chi connectivity index (χ4n) is 2.53. The van der Waals surface area contributed by atoms with Gasteiger partial charge in [-0.15, -0.1) is 0 Å². The zero-order chi connectivity index (χ0) is 15.1. The van der Waals surface area contributed by atoms with Crippen LogP contribution in [0.25, 0.3) is 0 Å². The van der Waals surface area contributed by atoms with Crippen molar-refractivity contribution >= 4 is 11.9 Å². The monoisotopic (exact) mass is 292 g/mol. The Labute approximate surface area is 125 Å². The predicted molar refractivity (Wildman–Crippen MR) is 81.9 cm³/mol. The quantitative estimate of drug-likeness (QED) is 0.646. The molecular weight excluding hydrogens is 268 g/mol. The molecule has 6 nitrogen and oxygen atoms in total. The summed E-state index contributed by atoms with van der Waals surface area (Å²) in [7, 11) is 1.75. The van der Waals surface area contributed by atoms with E-state index in [2.05, 4.69) is 27.4 Å². The molecule has 1 saturated heterocycles. The molecule has 1 unspecified atom stereocenters. The number of hydrogen-bond donors (Lipinski definition) is 2. The van der Waals surface area contributed by atoms with Crippen LogP contribution in [0.15, 0.2) is 27.8 Å². The van der Waals surface area contributed by atoms with Gasteiger partial charge in [-0.3, -0.25) is 9.79 Å². The lowest BCUT2D eigenvalue weighted by Crippen LogP contribution is -2.48. The summed E-state index contributed by atoms with van der Waals surface area (Å²) >= 11 is 0. The van der Waals surface area contributed by atoms with Crippen LogP contribution < -0.4 is 10.6 Å². The van der Waals surface area contributed by atoms with Crippen LogP contribution in [0.5, 0.6) is 0 Å². The minimum atomic E-state index is -0.0717. The third-order valence-corrected chi connectivity index (χ3v) is 3.62. The van der Waals surface area contributed by atoms with Crippen molar-refractivity contribution < 1.29 is 9.21 Å². The van der Waals surface area contributed by atoms with Gasteiger partial charge in [0, 0.05) is 20.1 Å². The highest BCUT2D eigenvalue weighted by Gasteiger charge is 2.19. The molecule has 0 radical (unpaired) electrons. The van der Waals surface area contributed by atoms with E-state index in [1.807, 2.05) is 6.07 Å². The number of nitrogens with one attached hydrogen (secondary N) is 2. The third-order valence-electron chi connectivity index (χ3n) is 3.62. The van der Waals surface area contributed by atoms with Crippen LogP contribution in [0, 0.1) is 5.92 Å². The number of aliphatic imine (C=N–C) groups is 1. The number of guanidine groups is 1. The number of hydrogen-bond acceptors (Lipinski definition) is 3. The molecule has 1 atom stereocenters. The summed E-state index contributed by atoms with van der Waals surface area (Å²) < 4.78 is 5.17. The minimum absolute atomic E-state index is 0.0717. The molecular formula is C15H24N4O2. The molecule has 0 bridgehead atoms. The second-order valence-corrected chi connectivity index (χ2v) is 5.45. The molecule has 0 aliphatic carbocycles. The molecule has 1 aliphatic heterocycles. The van der Waals surface area contributed by atoms with E-state index < -0.39 is 0 Å². The fourth-order valence-corrected chi connectivity index (χ4v) is 2.53. The topological polar surface area (TPSA) is 69.9 Å². The van der Waals surface area contributed by atoms with E-state index in [0.29, 0.717) is 12.5 Å². The van der Waals surface area contributed by atoms with Crippen molar-refractivity contribution in [1.29, 1.82) is 0 Å². The van der Waals surface area contributed by atoms with Crippen LogP contribution in [0.2, 0.25) is 0 Å². The van der Waals surface area contributed by atoms with E-state index in [9.17, 15) is 4.79 Å². The molecule has 2 N–H and O–H groups in total. The molecule has 21 heavy (non-hydrogen) atoms. The van der Waals surface area contributed by atoms with Crippen molar-refractivity contribution in [2.75, 3.05) is 26.7 Å². The summed E-state index contributed by atoms with van der Waals surface area (Å²) in [5.74, 6) is 2.15. The van der Waals surface area contributed by atoms with Gasteiger partial charge in [0.1, 0.15) is 5.76 Å². The van der Waals surface area contributed by atoms with Gasteiger partial charge >= 0.3 is 0 Å².